The van der Waals surface area contributed by atoms with Gasteiger partial charge in [-0.3, -0.25) is 10.2 Å². The van der Waals surface area contributed by atoms with E-state index in [9.17, 15) is 4.79 Å². The Balaban J connectivity index is 2.29. The summed E-state index contributed by atoms with van der Waals surface area (Å²) in [5, 5.41) is 9.90. The standard InChI is InChI=1S/C7H14N4O/c8-7(9)11-3-1-6(2-4-11)10-5-12/h5-6H,1-4H2,(H3,8,9)(H,10,12). The molecular weight excluding hydrogens is 156 g/mol. The average Bonchev–Trinajstić information content (AvgIpc) is 2.06. The van der Waals surface area contributed by atoms with Gasteiger partial charge in [-0.1, -0.05) is 0 Å². The van der Waals surface area contributed by atoms with Gasteiger partial charge < -0.3 is 16.0 Å². The predicted octanol–water partition coefficient (Wildman–Crippen LogP) is -0.910. The minimum atomic E-state index is 0.125. The monoisotopic (exact) mass is 170 g/mol. The van der Waals surface area contributed by atoms with Gasteiger partial charge in [0, 0.05) is 19.1 Å². The molecule has 1 heterocycles. The van der Waals surface area contributed by atoms with E-state index in [1.165, 1.54) is 0 Å². The highest BCUT2D eigenvalue weighted by atomic mass is 16.1. The molecule has 5 nitrogen and oxygen atoms in total. The Morgan fingerprint density at radius 2 is 2.17 bits per heavy atom. The Labute approximate surface area is 71.4 Å². The Morgan fingerprint density at radius 3 is 2.58 bits per heavy atom. The molecule has 4 N–H and O–H groups in total. The molecule has 1 aliphatic rings. The fraction of sp³-hybridized carbons (Fsp3) is 0.714. The molecule has 68 valence electrons. The van der Waals surface area contributed by atoms with Crippen molar-refractivity contribution < 1.29 is 4.79 Å². The minimum absolute atomic E-state index is 0.125. The smallest absolute Gasteiger partial charge is 0.207 e. The number of nitrogens with two attached hydrogens (primary N) is 1. The number of piperidine rings is 1. The van der Waals surface area contributed by atoms with Crippen LogP contribution in [0.5, 0.6) is 0 Å². The molecule has 0 aromatic rings. The van der Waals surface area contributed by atoms with Gasteiger partial charge in [-0.05, 0) is 12.8 Å². The molecular formula is C7H14N4O. The lowest BCUT2D eigenvalue weighted by Crippen LogP contribution is -2.46. The third kappa shape index (κ3) is 2.11. The minimum Gasteiger partial charge on any atom is -0.370 e. The van der Waals surface area contributed by atoms with E-state index >= 15 is 0 Å². The summed E-state index contributed by atoms with van der Waals surface area (Å²) in [5.74, 6) is 0.125. The van der Waals surface area contributed by atoms with Crippen molar-refractivity contribution in [3.05, 3.63) is 0 Å². The summed E-state index contributed by atoms with van der Waals surface area (Å²) < 4.78 is 0. The molecule has 0 spiro atoms. The summed E-state index contributed by atoms with van der Waals surface area (Å²) >= 11 is 0. The number of likely N-dealkylation sites (tertiary alicyclic amines) is 1. The molecule has 12 heavy (non-hydrogen) atoms. The zero-order valence-electron chi connectivity index (χ0n) is 6.92. The van der Waals surface area contributed by atoms with Crippen LogP contribution in [0.15, 0.2) is 0 Å². The van der Waals surface area contributed by atoms with Crippen LogP contribution in [0.25, 0.3) is 0 Å². The van der Waals surface area contributed by atoms with Crippen LogP contribution in [0.4, 0.5) is 0 Å². The van der Waals surface area contributed by atoms with Crippen LogP contribution in [0.3, 0.4) is 0 Å². The highest BCUT2D eigenvalue weighted by Gasteiger charge is 2.18. The molecule has 0 aromatic carbocycles. The van der Waals surface area contributed by atoms with Crippen LogP contribution in [0.2, 0.25) is 0 Å². The van der Waals surface area contributed by atoms with E-state index in [0.29, 0.717) is 0 Å². The first-order valence-electron chi connectivity index (χ1n) is 4.02. The zero-order chi connectivity index (χ0) is 8.97. The summed E-state index contributed by atoms with van der Waals surface area (Å²) in [4.78, 5) is 11.9. The van der Waals surface area contributed by atoms with Crippen molar-refractivity contribution in [3.63, 3.8) is 0 Å². The molecule has 0 aromatic heterocycles. The van der Waals surface area contributed by atoms with E-state index < -0.39 is 0 Å². The quantitative estimate of drug-likeness (QED) is 0.285. The van der Waals surface area contributed by atoms with Crippen LogP contribution in [0.1, 0.15) is 12.8 Å². The lowest BCUT2D eigenvalue weighted by Gasteiger charge is -2.31. The highest BCUT2D eigenvalue weighted by molar-refractivity contribution is 5.74. The van der Waals surface area contributed by atoms with E-state index in [-0.39, 0.29) is 12.0 Å². The van der Waals surface area contributed by atoms with Crippen molar-refractivity contribution in [2.75, 3.05) is 13.1 Å². The van der Waals surface area contributed by atoms with Gasteiger partial charge in [-0.2, -0.15) is 0 Å². The van der Waals surface area contributed by atoms with Crippen molar-refractivity contribution in [3.8, 4) is 0 Å². The fourth-order valence-corrected chi connectivity index (χ4v) is 1.38. The Bertz CT molecular complexity index is 174. The van der Waals surface area contributed by atoms with E-state index in [0.717, 1.165) is 32.3 Å². The Morgan fingerprint density at radius 1 is 1.58 bits per heavy atom. The highest BCUT2D eigenvalue weighted by Crippen LogP contribution is 2.08. The first kappa shape index (κ1) is 8.83. The second-order valence-electron chi connectivity index (χ2n) is 2.93. The Kier molecular flexibility index (Phi) is 2.90. The van der Waals surface area contributed by atoms with Gasteiger partial charge in [0.05, 0.1) is 0 Å². The van der Waals surface area contributed by atoms with Gasteiger partial charge in [-0.15, -0.1) is 0 Å². The summed E-state index contributed by atoms with van der Waals surface area (Å²) in [5.41, 5.74) is 5.31. The summed E-state index contributed by atoms with van der Waals surface area (Å²) in [6.07, 6.45) is 2.48. The number of nitrogens with zero attached hydrogens (tertiary/aromatic N) is 1. The molecule has 1 amide bonds. The first-order chi connectivity index (χ1) is 5.74. The topological polar surface area (TPSA) is 82.2 Å². The number of carbonyl (C=O) groups is 1. The van der Waals surface area contributed by atoms with E-state index in [1.807, 2.05) is 4.90 Å². The van der Waals surface area contributed by atoms with Crippen LogP contribution >= 0.6 is 0 Å². The molecule has 0 bridgehead atoms. The molecule has 1 aliphatic heterocycles. The molecule has 1 rings (SSSR count). The average molecular weight is 170 g/mol. The van der Waals surface area contributed by atoms with Crippen molar-refractivity contribution in [1.29, 1.82) is 5.41 Å². The largest absolute Gasteiger partial charge is 0.370 e. The van der Waals surface area contributed by atoms with Crippen molar-refractivity contribution in [2.24, 2.45) is 5.73 Å². The number of rotatable bonds is 2. The molecule has 1 fully saturated rings. The van der Waals surface area contributed by atoms with Gasteiger partial charge in [-0.25, -0.2) is 0 Å². The maximum atomic E-state index is 10.1. The summed E-state index contributed by atoms with van der Waals surface area (Å²) in [7, 11) is 0. The van der Waals surface area contributed by atoms with Gasteiger partial charge in [0.25, 0.3) is 0 Å². The molecule has 0 radical (unpaired) electrons. The number of amides is 1. The molecule has 5 heteroatoms. The maximum Gasteiger partial charge on any atom is 0.207 e. The first-order valence-corrected chi connectivity index (χ1v) is 4.02. The SMILES string of the molecule is N=C(N)N1CCC(NC=O)CC1. The zero-order valence-corrected chi connectivity index (χ0v) is 6.92. The number of hydrogen-bond donors (Lipinski definition) is 3. The predicted molar refractivity (Wildman–Crippen MR) is 45.7 cm³/mol. The molecule has 0 aliphatic carbocycles. The fourth-order valence-electron chi connectivity index (χ4n) is 1.38. The van der Waals surface area contributed by atoms with E-state index in [1.54, 1.807) is 0 Å². The van der Waals surface area contributed by atoms with Crippen molar-refractivity contribution in [2.45, 2.75) is 18.9 Å². The van der Waals surface area contributed by atoms with Gasteiger partial charge in [0.2, 0.25) is 6.41 Å². The number of nitrogens with one attached hydrogen (secondary N) is 2. The molecule has 0 atom stereocenters. The Hall–Kier alpha value is -1.26. The second kappa shape index (κ2) is 3.94. The molecule has 1 saturated heterocycles. The van der Waals surface area contributed by atoms with Crippen molar-refractivity contribution >= 4 is 12.4 Å². The van der Waals surface area contributed by atoms with Gasteiger partial charge in [0.15, 0.2) is 5.96 Å². The lowest BCUT2D eigenvalue weighted by molar-refractivity contribution is -0.110. The van der Waals surface area contributed by atoms with Crippen LogP contribution in [0, 0.1) is 5.41 Å². The van der Waals surface area contributed by atoms with Crippen LogP contribution < -0.4 is 11.1 Å². The van der Waals surface area contributed by atoms with Gasteiger partial charge in [0.1, 0.15) is 0 Å². The van der Waals surface area contributed by atoms with Crippen LogP contribution in [-0.4, -0.2) is 36.4 Å². The molecule has 0 unspecified atom stereocenters. The third-order valence-corrected chi connectivity index (χ3v) is 2.14. The molecule has 0 saturated carbocycles. The normalized spacial score (nSPS) is 18.8. The number of guanidine groups is 1. The summed E-state index contributed by atoms with van der Waals surface area (Å²) in [6.45, 7) is 1.53. The van der Waals surface area contributed by atoms with Gasteiger partial charge >= 0.3 is 0 Å². The lowest BCUT2D eigenvalue weighted by atomic mass is 10.1. The summed E-state index contributed by atoms with van der Waals surface area (Å²) in [6, 6.07) is 0.262. The maximum absolute atomic E-state index is 10.1. The van der Waals surface area contributed by atoms with Crippen molar-refractivity contribution in [1.82, 2.24) is 10.2 Å². The third-order valence-electron chi connectivity index (χ3n) is 2.14. The van der Waals surface area contributed by atoms with E-state index in [2.05, 4.69) is 5.32 Å². The second-order valence-corrected chi connectivity index (χ2v) is 2.93. The van der Waals surface area contributed by atoms with E-state index in [4.69, 9.17) is 11.1 Å². The van der Waals surface area contributed by atoms with Crippen LogP contribution in [-0.2, 0) is 4.79 Å². The number of carbonyl (C=O) groups excluding carboxylic acids is 1. The number of hydrogen-bond acceptors (Lipinski definition) is 2.